The van der Waals surface area contributed by atoms with Crippen LogP contribution in [0.4, 0.5) is 0 Å². The highest BCUT2D eigenvalue weighted by atomic mass is 16.5. The number of ether oxygens (including phenoxy) is 3. The summed E-state index contributed by atoms with van der Waals surface area (Å²) in [6, 6.07) is 22.4. The number of nitriles is 1. The Bertz CT molecular complexity index is 1350. The van der Waals surface area contributed by atoms with Gasteiger partial charge in [-0.15, -0.1) is 0 Å². The molecule has 0 bridgehead atoms. The summed E-state index contributed by atoms with van der Waals surface area (Å²) in [5.74, 6) is 1.27. The molecule has 34 heavy (non-hydrogen) atoms. The van der Waals surface area contributed by atoms with E-state index in [1.54, 1.807) is 44.4 Å². The maximum Gasteiger partial charge on any atom is 0.338 e. The van der Waals surface area contributed by atoms with Crippen molar-refractivity contribution >= 4 is 28.7 Å². The summed E-state index contributed by atoms with van der Waals surface area (Å²) in [5.41, 5.74) is 4.26. The lowest BCUT2D eigenvalue weighted by Crippen LogP contribution is -2.05. The zero-order valence-corrected chi connectivity index (χ0v) is 18.9. The van der Waals surface area contributed by atoms with Crippen molar-refractivity contribution in [2.24, 2.45) is 0 Å². The minimum absolute atomic E-state index is 0.303. The zero-order valence-electron chi connectivity index (χ0n) is 18.9. The Labute approximate surface area is 197 Å². The number of nitrogens with zero attached hydrogens (tertiary/aromatic N) is 2. The van der Waals surface area contributed by atoms with Crippen molar-refractivity contribution in [1.82, 2.24) is 9.97 Å². The molecule has 0 saturated heterocycles. The standard InChI is InChI=1S/C27H23N3O4/c1-3-33-27(31)20-11-8-18(9-12-20)17-34-24-13-10-19(15-25(24)32-2)14-21(16-28)26-29-22-6-4-5-7-23(22)30-26/h4-15H,3,17H2,1-2H3,(H,29,30). The first-order valence-corrected chi connectivity index (χ1v) is 10.7. The van der Waals surface area contributed by atoms with Crippen LogP contribution >= 0.6 is 0 Å². The number of esters is 1. The fourth-order valence-electron chi connectivity index (χ4n) is 3.41. The third kappa shape index (κ3) is 5.08. The second-order valence-corrected chi connectivity index (χ2v) is 7.39. The lowest BCUT2D eigenvalue weighted by atomic mass is 10.1. The Morgan fingerprint density at radius 1 is 1.09 bits per heavy atom. The average Bonchev–Trinajstić information content (AvgIpc) is 3.31. The number of aromatic amines is 1. The van der Waals surface area contributed by atoms with Crippen LogP contribution in [0.15, 0.2) is 66.7 Å². The second-order valence-electron chi connectivity index (χ2n) is 7.39. The van der Waals surface area contributed by atoms with E-state index in [1.165, 1.54) is 0 Å². The molecular formula is C27H23N3O4. The Hall–Kier alpha value is -4.57. The van der Waals surface area contributed by atoms with E-state index in [0.29, 0.717) is 41.7 Å². The SMILES string of the molecule is CCOC(=O)c1ccc(COc2ccc(C=C(C#N)c3nc4ccccc4[nH]3)cc2OC)cc1. The average molecular weight is 453 g/mol. The topological polar surface area (TPSA) is 97.2 Å². The van der Waals surface area contributed by atoms with Gasteiger partial charge in [0, 0.05) is 0 Å². The summed E-state index contributed by atoms with van der Waals surface area (Å²) in [6.45, 7) is 2.41. The number of methoxy groups -OCH3 is 1. The van der Waals surface area contributed by atoms with Crippen molar-refractivity contribution in [2.75, 3.05) is 13.7 Å². The van der Waals surface area contributed by atoms with Crippen LogP contribution in [0.25, 0.3) is 22.7 Å². The summed E-state index contributed by atoms with van der Waals surface area (Å²) in [6.07, 6.45) is 1.75. The molecule has 0 aliphatic carbocycles. The number of rotatable bonds is 8. The van der Waals surface area contributed by atoms with Gasteiger partial charge in [-0.25, -0.2) is 9.78 Å². The van der Waals surface area contributed by atoms with E-state index in [1.807, 2.05) is 42.5 Å². The lowest BCUT2D eigenvalue weighted by molar-refractivity contribution is 0.0526. The molecule has 1 N–H and O–H groups in total. The third-order valence-corrected chi connectivity index (χ3v) is 5.12. The summed E-state index contributed by atoms with van der Waals surface area (Å²) in [5, 5.41) is 9.68. The number of carbonyl (C=O) groups is 1. The van der Waals surface area contributed by atoms with Gasteiger partial charge in [0.15, 0.2) is 11.5 Å². The molecule has 0 aliphatic heterocycles. The second kappa shape index (κ2) is 10.4. The van der Waals surface area contributed by atoms with Gasteiger partial charge in [0.2, 0.25) is 0 Å². The summed E-state index contributed by atoms with van der Waals surface area (Å²) in [7, 11) is 1.56. The molecule has 4 aromatic rings. The highest BCUT2D eigenvalue weighted by molar-refractivity contribution is 5.90. The number of hydrogen-bond acceptors (Lipinski definition) is 6. The molecule has 7 heteroatoms. The molecule has 0 radical (unpaired) electrons. The smallest absolute Gasteiger partial charge is 0.338 e. The number of carbonyl (C=O) groups excluding carboxylic acids is 1. The molecule has 3 aromatic carbocycles. The number of benzene rings is 3. The Balaban J connectivity index is 1.50. The minimum atomic E-state index is -0.348. The van der Waals surface area contributed by atoms with Crippen molar-refractivity contribution in [1.29, 1.82) is 5.26 Å². The first-order valence-electron chi connectivity index (χ1n) is 10.7. The van der Waals surface area contributed by atoms with Gasteiger partial charge in [-0.2, -0.15) is 5.26 Å². The monoisotopic (exact) mass is 453 g/mol. The van der Waals surface area contributed by atoms with Gasteiger partial charge in [0.1, 0.15) is 18.5 Å². The molecule has 0 spiro atoms. The summed E-state index contributed by atoms with van der Waals surface area (Å²) < 4.78 is 16.4. The lowest BCUT2D eigenvalue weighted by Gasteiger charge is -2.12. The Morgan fingerprint density at radius 3 is 2.59 bits per heavy atom. The van der Waals surface area contributed by atoms with E-state index < -0.39 is 0 Å². The van der Waals surface area contributed by atoms with Crippen molar-refractivity contribution in [2.45, 2.75) is 13.5 Å². The fraction of sp³-hybridized carbons (Fsp3) is 0.148. The van der Waals surface area contributed by atoms with Crippen molar-refractivity contribution in [3.05, 3.63) is 89.2 Å². The maximum atomic E-state index is 11.8. The molecular weight excluding hydrogens is 430 g/mol. The Morgan fingerprint density at radius 2 is 1.88 bits per heavy atom. The zero-order chi connectivity index (χ0) is 23.9. The molecule has 7 nitrogen and oxygen atoms in total. The van der Waals surface area contributed by atoms with Crippen LogP contribution in [0.3, 0.4) is 0 Å². The molecule has 170 valence electrons. The number of fused-ring (bicyclic) bond motifs is 1. The molecule has 1 aromatic heterocycles. The van der Waals surface area contributed by atoms with Gasteiger partial charge in [0.05, 0.1) is 35.9 Å². The number of allylic oxidation sites excluding steroid dienone is 1. The summed E-state index contributed by atoms with van der Waals surface area (Å²) in [4.78, 5) is 19.5. The predicted molar refractivity (Wildman–Crippen MR) is 129 cm³/mol. The highest BCUT2D eigenvalue weighted by Crippen LogP contribution is 2.30. The number of imidazole rings is 1. The number of hydrogen-bond donors (Lipinski definition) is 1. The molecule has 1 heterocycles. The fourth-order valence-corrected chi connectivity index (χ4v) is 3.41. The minimum Gasteiger partial charge on any atom is -0.493 e. The first-order chi connectivity index (χ1) is 16.6. The van der Waals surface area contributed by atoms with E-state index in [4.69, 9.17) is 14.2 Å². The van der Waals surface area contributed by atoms with E-state index in [2.05, 4.69) is 16.0 Å². The molecule has 0 atom stereocenters. The van der Waals surface area contributed by atoms with Crippen LogP contribution < -0.4 is 9.47 Å². The Kier molecular flexibility index (Phi) is 6.89. The quantitative estimate of drug-likeness (QED) is 0.284. The van der Waals surface area contributed by atoms with Crippen LogP contribution in [0.1, 0.15) is 34.2 Å². The molecule has 4 rings (SSSR count). The van der Waals surface area contributed by atoms with Gasteiger partial charge in [-0.3, -0.25) is 0 Å². The van der Waals surface area contributed by atoms with Crippen molar-refractivity contribution < 1.29 is 19.0 Å². The largest absolute Gasteiger partial charge is 0.493 e. The van der Waals surface area contributed by atoms with Crippen LogP contribution in [0.2, 0.25) is 0 Å². The van der Waals surface area contributed by atoms with Gasteiger partial charge < -0.3 is 19.2 Å². The molecule has 0 saturated carbocycles. The van der Waals surface area contributed by atoms with Gasteiger partial charge in [0.25, 0.3) is 0 Å². The first kappa shape index (κ1) is 22.6. The summed E-state index contributed by atoms with van der Waals surface area (Å²) >= 11 is 0. The molecule has 0 aliphatic rings. The van der Waals surface area contributed by atoms with E-state index in [9.17, 15) is 10.1 Å². The van der Waals surface area contributed by atoms with E-state index >= 15 is 0 Å². The molecule has 0 fully saturated rings. The maximum absolute atomic E-state index is 11.8. The normalized spacial score (nSPS) is 11.1. The van der Waals surface area contributed by atoms with Crippen LogP contribution in [-0.4, -0.2) is 29.7 Å². The predicted octanol–water partition coefficient (Wildman–Crippen LogP) is 5.39. The van der Waals surface area contributed by atoms with Crippen LogP contribution in [0.5, 0.6) is 11.5 Å². The van der Waals surface area contributed by atoms with Crippen LogP contribution in [-0.2, 0) is 11.3 Å². The van der Waals surface area contributed by atoms with Crippen LogP contribution in [0, 0.1) is 11.3 Å². The number of nitrogens with one attached hydrogen (secondary N) is 1. The third-order valence-electron chi connectivity index (χ3n) is 5.12. The number of para-hydroxylation sites is 2. The van der Waals surface area contributed by atoms with Gasteiger partial charge >= 0.3 is 5.97 Å². The van der Waals surface area contributed by atoms with Crippen molar-refractivity contribution in [3.8, 4) is 17.6 Å². The van der Waals surface area contributed by atoms with E-state index in [0.717, 1.165) is 22.2 Å². The molecule has 0 amide bonds. The number of H-pyrrole nitrogens is 1. The van der Waals surface area contributed by atoms with Gasteiger partial charge in [-0.05, 0) is 60.5 Å². The highest BCUT2D eigenvalue weighted by Gasteiger charge is 2.11. The van der Waals surface area contributed by atoms with E-state index in [-0.39, 0.29) is 5.97 Å². The molecule has 0 unspecified atom stereocenters. The van der Waals surface area contributed by atoms with Gasteiger partial charge in [-0.1, -0.05) is 30.3 Å². The van der Waals surface area contributed by atoms with Crippen molar-refractivity contribution in [3.63, 3.8) is 0 Å². The number of aromatic nitrogens is 2.